The van der Waals surface area contributed by atoms with Crippen molar-refractivity contribution in [1.29, 1.82) is 0 Å². The van der Waals surface area contributed by atoms with Crippen LogP contribution in [0.1, 0.15) is 38.2 Å². The Hall–Kier alpha value is -0.490. The third-order valence-corrected chi connectivity index (χ3v) is 3.19. The lowest BCUT2D eigenvalue weighted by Gasteiger charge is -2.43. The Labute approximate surface area is 84.9 Å². The van der Waals surface area contributed by atoms with Crippen molar-refractivity contribution in [2.24, 2.45) is 5.41 Å². The van der Waals surface area contributed by atoms with Crippen LogP contribution in [0, 0.1) is 5.41 Å². The molecule has 0 nitrogen and oxygen atoms in total. The Morgan fingerprint density at radius 3 is 2.15 bits per heavy atom. The van der Waals surface area contributed by atoms with Crippen LogP contribution in [0.5, 0.6) is 0 Å². The van der Waals surface area contributed by atoms with Crippen LogP contribution in [0.3, 0.4) is 0 Å². The van der Waals surface area contributed by atoms with Crippen LogP contribution in [-0.4, -0.2) is 0 Å². The van der Waals surface area contributed by atoms with Crippen molar-refractivity contribution in [3.63, 3.8) is 0 Å². The third-order valence-electron chi connectivity index (χ3n) is 2.94. The highest BCUT2D eigenvalue weighted by Crippen LogP contribution is 2.50. The van der Waals surface area contributed by atoms with Gasteiger partial charge in [0.1, 0.15) is 0 Å². The van der Waals surface area contributed by atoms with Gasteiger partial charge in [-0.1, -0.05) is 37.6 Å². The summed E-state index contributed by atoms with van der Waals surface area (Å²) >= 11 is 5.83. The normalized spacial score (nSPS) is 21.2. The molecule has 1 aromatic rings. The summed E-state index contributed by atoms with van der Waals surface area (Å²) in [6.07, 6.45) is 2.63. The number of rotatable bonds is 1. The summed E-state index contributed by atoms with van der Waals surface area (Å²) in [5.74, 6) is 0.771. The maximum Gasteiger partial charge on any atom is 0.0406 e. The zero-order valence-corrected chi connectivity index (χ0v) is 8.93. The first-order valence-corrected chi connectivity index (χ1v) is 5.20. The summed E-state index contributed by atoms with van der Waals surface area (Å²) in [5.41, 5.74) is 2.01. The molecule has 0 heterocycles. The molecule has 0 N–H and O–H groups in total. The Balaban J connectivity index is 2.08. The molecular formula is C12H15Cl. The quantitative estimate of drug-likeness (QED) is 0.627. The molecular weight excluding hydrogens is 180 g/mol. The minimum atomic E-state index is 0.560. The molecule has 13 heavy (non-hydrogen) atoms. The van der Waals surface area contributed by atoms with Crippen LogP contribution in [0.25, 0.3) is 0 Å². The number of benzene rings is 1. The van der Waals surface area contributed by atoms with Crippen molar-refractivity contribution in [2.45, 2.75) is 32.6 Å². The molecule has 0 bridgehead atoms. The monoisotopic (exact) mass is 194 g/mol. The van der Waals surface area contributed by atoms with Gasteiger partial charge in [-0.15, -0.1) is 0 Å². The van der Waals surface area contributed by atoms with E-state index in [2.05, 4.69) is 26.0 Å². The second kappa shape index (κ2) is 3.02. The molecule has 1 aromatic carbocycles. The van der Waals surface area contributed by atoms with Crippen LogP contribution in [-0.2, 0) is 0 Å². The van der Waals surface area contributed by atoms with Crippen LogP contribution < -0.4 is 0 Å². The maximum atomic E-state index is 5.83. The van der Waals surface area contributed by atoms with Gasteiger partial charge in [0.2, 0.25) is 0 Å². The van der Waals surface area contributed by atoms with Gasteiger partial charge in [-0.25, -0.2) is 0 Å². The van der Waals surface area contributed by atoms with E-state index in [0.717, 1.165) is 10.9 Å². The molecule has 0 spiro atoms. The fourth-order valence-corrected chi connectivity index (χ4v) is 2.37. The van der Waals surface area contributed by atoms with Crippen molar-refractivity contribution in [1.82, 2.24) is 0 Å². The first-order valence-electron chi connectivity index (χ1n) is 4.82. The van der Waals surface area contributed by atoms with Crippen molar-refractivity contribution in [3.05, 3.63) is 34.9 Å². The van der Waals surface area contributed by atoms with Gasteiger partial charge in [-0.3, -0.25) is 0 Å². The Kier molecular flexibility index (Phi) is 2.11. The lowest BCUT2D eigenvalue weighted by atomic mass is 9.62. The SMILES string of the molecule is CC1(C)CC(c2ccc(Cl)cc2)C1. The molecule has 70 valence electrons. The maximum absolute atomic E-state index is 5.83. The van der Waals surface area contributed by atoms with Gasteiger partial charge in [0, 0.05) is 5.02 Å². The predicted octanol–water partition coefficient (Wildman–Crippen LogP) is 4.24. The van der Waals surface area contributed by atoms with E-state index in [0.29, 0.717) is 5.41 Å². The van der Waals surface area contributed by atoms with Crippen LogP contribution >= 0.6 is 11.6 Å². The first kappa shape index (κ1) is 9.08. The number of hydrogen-bond donors (Lipinski definition) is 0. The fourth-order valence-electron chi connectivity index (χ4n) is 2.24. The largest absolute Gasteiger partial charge is 0.0843 e. The van der Waals surface area contributed by atoms with E-state index in [-0.39, 0.29) is 0 Å². The molecule has 2 rings (SSSR count). The average molecular weight is 195 g/mol. The van der Waals surface area contributed by atoms with Crippen LogP contribution in [0.4, 0.5) is 0 Å². The van der Waals surface area contributed by atoms with Gasteiger partial charge < -0.3 is 0 Å². The second-order valence-electron chi connectivity index (χ2n) is 4.82. The Bertz CT molecular complexity index is 289. The molecule has 1 saturated carbocycles. The standard InChI is InChI=1S/C12H15Cl/c1-12(2)7-10(8-12)9-3-5-11(13)6-4-9/h3-6,10H,7-8H2,1-2H3. The summed E-state index contributed by atoms with van der Waals surface area (Å²) in [4.78, 5) is 0. The lowest BCUT2D eigenvalue weighted by molar-refractivity contribution is 0.151. The summed E-state index contributed by atoms with van der Waals surface area (Å²) in [7, 11) is 0. The molecule has 1 heteroatoms. The highest BCUT2D eigenvalue weighted by Gasteiger charge is 2.36. The zero-order valence-electron chi connectivity index (χ0n) is 8.18. The van der Waals surface area contributed by atoms with Gasteiger partial charge in [-0.2, -0.15) is 0 Å². The molecule has 0 radical (unpaired) electrons. The highest BCUT2D eigenvalue weighted by atomic mass is 35.5. The van der Waals surface area contributed by atoms with E-state index in [1.54, 1.807) is 0 Å². The van der Waals surface area contributed by atoms with E-state index in [4.69, 9.17) is 11.6 Å². The van der Waals surface area contributed by atoms with Crippen LogP contribution in [0.15, 0.2) is 24.3 Å². The van der Waals surface area contributed by atoms with Gasteiger partial charge >= 0.3 is 0 Å². The summed E-state index contributed by atoms with van der Waals surface area (Å²) < 4.78 is 0. The summed E-state index contributed by atoms with van der Waals surface area (Å²) in [6, 6.07) is 8.29. The molecule has 0 amide bonds. The molecule has 0 unspecified atom stereocenters. The zero-order chi connectivity index (χ0) is 9.47. The fraction of sp³-hybridized carbons (Fsp3) is 0.500. The van der Waals surface area contributed by atoms with E-state index in [1.807, 2.05) is 12.1 Å². The highest BCUT2D eigenvalue weighted by molar-refractivity contribution is 6.30. The lowest BCUT2D eigenvalue weighted by Crippen LogP contribution is -2.29. The number of halogens is 1. The molecule has 0 aromatic heterocycles. The third kappa shape index (κ3) is 1.88. The molecule has 0 atom stereocenters. The topological polar surface area (TPSA) is 0 Å². The van der Waals surface area contributed by atoms with Crippen molar-refractivity contribution in [3.8, 4) is 0 Å². The van der Waals surface area contributed by atoms with E-state index >= 15 is 0 Å². The average Bonchev–Trinajstić information content (AvgIpc) is 2.01. The number of hydrogen-bond acceptors (Lipinski definition) is 0. The smallest absolute Gasteiger partial charge is 0.0406 e. The molecule has 0 saturated heterocycles. The summed E-state index contributed by atoms with van der Waals surface area (Å²) in [6.45, 7) is 4.67. The Morgan fingerprint density at radius 2 is 1.69 bits per heavy atom. The Morgan fingerprint density at radius 1 is 1.15 bits per heavy atom. The second-order valence-corrected chi connectivity index (χ2v) is 5.26. The predicted molar refractivity (Wildman–Crippen MR) is 57.2 cm³/mol. The van der Waals surface area contributed by atoms with Gasteiger partial charge in [0.05, 0.1) is 0 Å². The molecule has 0 aliphatic heterocycles. The molecule has 1 fully saturated rings. The minimum Gasteiger partial charge on any atom is -0.0843 e. The molecule has 1 aliphatic carbocycles. The van der Waals surface area contributed by atoms with Gasteiger partial charge in [0.25, 0.3) is 0 Å². The van der Waals surface area contributed by atoms with Crippen molar-refractivity contribution >= 4 is 11.6 Å². The summed E-state index contributed by atoms with van der Waals surface area (Å²) in [5, 5.41) is 0.835. The first-order chi connectivity index (χ1) is 6.07. The van der Waals surface area contributed by atoms with Gasteiger partial charge in [0.15, 0.2) is 0 Å². The van der Waals surface area contributed by atoms with E-state index in [1.165, 1.54) is 18.4 Å². The van der Waals surface area contributed by atoms with Crippen LogP contribution in [0.2, 0.25) is 5.02 Å². The van der Waals surface area contributed by atoms with Crippen molar-refractivity contribution < 1.29 is 0 Å². The van der Waals surface area contributed by atoms with Gasteiger partial charge in [-0.05, 0) is 41.9 Å². The van der Waals surface area contributed by atoms with E-state index in [9.17, 15) is 0 Å². The molecule has 1 aliphatic rings. The van der Waals surface area contributed by atoms with Crippen molar-refractivity contribution in [2.75, 3.05) is 0 Å². The van der Waals surface area contributed by atoms with E-state index < -0.39 is 0 Å². The minimum absolute atomic E-state index is 0.560.